The monoisotopic (exact) mass is 340 g/mol. The van der Waals surface area contributed by atoms with Crippen molar-refractivity contribution in [1.82, 2.24) is 0 Å². The molecule has 0 saturated heterocycles. The Morgan fingerprint density at radius 1 is 1.04 bits per heavy atom. The molecule has 1 aliphatic rings. The van der Waals surface area contributed by atoms with Crippen LogP contribution in [0, 0.1) is 0 Å². The van der Waals surface area contributed by atoms with Crippen LogP contribution in [0.4, 0.5) is 0 Å². The molecule has 0 spiro atoms. The van der Waals surface area contributed by atoms with E-state index in [0.717, 1.165) is 30.4 Å². The summed E-state index contributed by atoms with van der Waals surface area (Å²) in [6, 6.07) is 15.4. The maximum Gasteiger partial charge on any atom is 0.314 e. The van der Waals surface area contributed by atoms with E-state index in [0.29, 0.717) is 30.9 Å². The zero-order chi connectivity index (χ0) is 17.7. The molecule has 4 nitrogen and oxygen atoms in total. The second-order valence-corrected chi connectivity index (χ2v) is 6.59. The highest BCUT2D eigenvalue weighted by atomic mass is 16.5. The van der Waals surface area contributed by atoms with E-state index in [1.165, 1.54) is 0 Å². The van der Waals surface area contributed by atoms with Gasteiger partial charge in [-0.05, 0) is 36.1 Å². The third kappa shape index (κ3) is 3.63. The van der Waals surface area contributed by atoms with E-state index < -0.39 is 11.4 Å². The van der Waals surface area contributed by atoms with Gasteiger partial charge in [0.15, 0.2) is 11.5 Å². The summed E-state index contributed by atoms with van der Waals surface area (Å²) >= 11 is 0. The molecule has 0 aromatic heterocycles. The van der Waals surface area contributed by atoms with Gasteiger partial charge < -0.3 is 14.6 Å². The molecule has 2 aromatic carbocycles. The molecular formula is C21H24O4. The van der Waals surface area contributed by atoms with Crippen molar-refractivity contribution in [3.8, 4) is 11.5 Å². The van der Waals surface area contributed by atoms with Crippen molar-refractivity contribution in [3.05, 3.63) is 59.7 Å². The number of hydrogen-bond donors (Lipinski definition) is 1. The van der Waals surface area contributed by atoms with Gasteiger partial charge in [-0.25, -0.2) is 0 Å². The lowest BCUT2D eigenvalue weighted by Gasteiger charge is -2.34. The third-order valence-electron chi connectivity index (χ3n) is 5.07. The van der Waals surface area contributed by atoms with E-state index in [9.17, 15) is 9.90 Å². The topological polar surface area (TPSA) is 55.8 Å². The molecule has 132 valence electrons. The number of carboxylic acid groups (broad SMARTS) is 1. The Morgan fingerprint density at radius 3 is 2.40 bits per heavy atom. The Hall–Kier alpha value is -2.49. The molecule has 1 N–H and O–H groups in total. The molecule has 1 fully saturated rings. The fourth-order valence-corrected chi connectivity index (χ4v) is 3.60. The van der Waals surface area contributed by atoms with Crippen molar-refractivity contribution in [2.45, 2.75) is 44.1 Å². The van der Waals surface area contributed by atoms with Gasteiger partial charge in [-0.1, -0.05) is 55.7 Å². The highest BCUT2D eigenvalue weighted by Gasteiger charge is 2.41. The minimum Gasteiger partial charge on any atom is -0.493 e. The second-order valence-electron chi connectivity index (χ2n) is 6.59. The van der Waals surface area contributed by atoms with Crippen LogP contribution in [0.2, 0.25) is 0 Å². The third-order valence-corrected chi connectivity index (χ3v) is 5.07. The largest absolute Gasteiger partial charge is 0.493 e. The minimum atomic E-state index is -0.810. The van der Waals surface area contributed by atoms with Crippen LogP contribution in [0.15, 0.2) is 48.5 Å². The molecule has 0 unspecified atom stereocenters. The Labute approximate surface area is 148 Å². The van der Waals surface area contributed by atoms with Gasteiger partial charge in [0.2, 0.25) is 0 Å². The molecule has 1 saturated carbocycles. The lowest BCUT2D eigenvalue weighted by molar-refractivity contribution is -0.145. The summed E-state index contributed by atoms with van der Waals surface area (Å²) in [5, 5.41) is 9.90. The van der Waals surface area contributed by atoms with Gasteiger partial charge in [0.1, 0.15) is 6.61 Å². The molecular weight excluding hydrogens is 316 g/mol. The average molecular weight is 340 g/mol. The van der Waals surface area contributed by atoms with E-state index in [4.69, 9.17) is 9.47 Å². The van der Waals surface area contributed by atoms with Crippen LogP contribution in [0.1, 0.15) is 43.2 Å². The summed E-state index contributed by atoms with van der Waals surface area (Å²) in [7, 11) is 1.60. The molecule has 0 bridgehead atoms. The molecule has 2 aromatic rings. The van der Waals surface area contributed by atoms with Crippen LogP contribution in [0.3, 0.4) is 0 Å². The zero-order valence-electron chi connectivity index (χ0n) is 14.5. The van der Waals surface area contributed by atoms with Crippen LogP contribution < -0.4 is 9.47 Å². The predicted molar refractivity (Wildman–Crippen MR) is 96.2 cm³/mol. The van der Waals surface area contributed by atoms with Crippen molar-refractivity contribution in [2.75, 3.05) is 7.11 Å². The van der Waals surface area contributed by atoms with Crippen LogP contribution in [0.5, 0.6) is 11.5 Å². The first kappa shape index (κ1) is 17.3. The first-order valence-electron chi connectivity index (χ1n) is 8.74. The van der Waals surface area contributed by atoms with Gasteiger partial charge in [-0.2, -0.15) is 0 Å². The Bertz CT molecular complexity index is 718. The SMILES string of the molecule is COc1ccc(C2(C(=O)O)CCCCC2)cc1OCc1ccccc1. The fraction of sp³-hybridized carbons (Fsp3) is 0.381. The number of carboxylic acids is 1. The molecule has 3 rings (SSSR count). The first-order chi connectivity index (χ1) is 12.2. The standard InChI is InChI=1S/C21H24O4/c1-24-18-11-10-17(21(20(22)23)12-6-3-7-13-21)14-19(18)25-15-16-8-4-2-5-9-16/h2,4-5,8-11,14H,3,6-7,12-13,15H2,1H3,(H,22,23). The number of aliphatic carboxylic acids is 1. The van der Waals surface area contributed by atoms with Crippen LogP contribution in [-0.4, -0.2) is 18.2 Å². The van der Waals surface area contributed by atoms with Crippen LogP contribution >= 0.6 is 0 Å². The number of rotatable bonds is 6. The molecule has 0 aliphatic heterocycles. The second kappa shape index (κ2) is 7.60. The van der Waals surface area contributed by atoms with Crippen LogP contribution in [-0.2, 0) is 16.8 Å². The van der Waals surface area contributed by atoms with E-state index in [-0.39, 0.29) is 0 Å². The van der Waals surface area contributed by atoms with E-state index in [2.05, 4.69) is 0 Å². The lowest BCUT2D eigenvalue weighted by atomic mass is 9.69. The van der Waals surface area contributed by atoms with Gasteiger partial charge >= 0.3 is 5.97 Å². The van der Waals surface area contributed by atoms with Gasteiger partial charge in [-0.3, -0.25) is 4.79 Å². The molecule has 1 aliphatic carbocycles. The lowest BCUT2D eigenvalue weighted by Crippen LogP contribution is -2.37. The van der Waals surface area contributed by atoms with Crippen molar-refractivity contribution in [3.63, 3.8) is 0 Å². The van der Waals surface area contributed by atoms with Crippen molar-refractivity contribution < 1.29 is 19.4 Å². The van der Waals surface area contributed by atoms with Crippen molar-refractivity contribution in [1.29, 1.82) is 0 Å². The Balaban J connectivity index is 1.89. The molecule has 0 heterocycles. The molecule has 0 amide bonds. The minimum absolute atomic E-state index is 0.417. The van der Waals surface area contributed by atoms with E-state index in [1.54, 1.807) is 7.11 Å². The average Bonchev–Trinajstić information content (AvgIpc) is 2.67. The number of carbonyl (C=O) groups is 1. The number of methoxy groups -OCH3 is 1. The number of benzene rings is 2. The fourth-order valence-electron chi connectivity index (χ4n) is 3.60. The number of ether oxygens (including phenoxy) is 2. The summed E-state index contributed by atoms with van der Waals surface area (Å²) < 4.78 is 11.3. The maximum atomic E-state index is 12.0. The van der Waals surface area contributed by atoms with E-state index in [1.807, 2.05) is 48.5 Å². The highest BCUT2D eigenvalue weighted by Crippen LogP contribution is 2.42. The predicted octanol–water partition coefficient (Wildman–Crippen LogP) is 4.56. The summed E-state index contributed by atoms with van der Waals surface area (Å²) in [5.41, 5.74) is 1.05. The Kier molecular flexibility index (Phi) is 5.27. The summed E-state index contributed by atoms with van der Waals surface area (Å²) in [5.74, 6) is 0.470. The molecule has 4 heteroatoms. The van der Waals surface area contributed by atoms with Gasteiger partial charge in [-0.15, -0.1) is 0 Å². The zero-order valence-corrected chi connectivity index (χ0v) is 14.5. The first-order valence-corrected chi connectivity index (χ1v) is 8.74. The summed E-state index contributed by atoms with van der Waals surface area (Å²) in [6.07, 6.45) is 4.33. The smallest absolute Gasteiger partial charge is 0.314 e. The van der Waals surface area contributed by atoms with Gasteiger partial charge in [0, 0.05) is 0 Å². The van der Waals surface area contributed by atoms with E-state index >= 15 is 0 Å². The van der Waals surface area contributed by atoms with Crippen LogP contribution in [0.25, 0.3) is 0 Å². The highest BCUT2D eigenvalue weighted by molar-refractivity contribution is 5.82. The van der Waals surface area contributed by atoms with Gasteiger partial charge in [0.25, 0.3) is 0 Å². The Morgan fingerprint density at radius 2 is 1.76 bits per heavy atom. The summed E-state index contributed by atoms with van der Waals surface area (Å²) in [6.45, 7) is 0.417. The summed E-state index contributed by atoms with van der Waals surface area (Å²) in [4.78, 5) is 12.0. The van der Waals surface area contributed by atoms with Crippen molar-refractivity contribution >= 4 is 5.97 Å². The molecule has 25 heavy (non-hydrogen) atoms. The number of hydrogen-bond acceptors (Lipinski definition) is 3. The van der Waals surface area contributed by atoms with Gasteiger partial charge in [0.05, 0.1) is 12.5 Å². The van der Waals surface area contributed by atoms with Crippen molar-refractivity contribution in [2.24, 2.45) is 0 Å². The quantitative estimate of drug-likeness (QED) is 0.837. The molecule has 0 radical (unpaired) electrons. The normalized spacial score (nSPS) is 16.2. The molecule has 0 atom stereocenters. The maximum absolute atomic E-state index is 12.0.